The summed E-state index contributed by atoms with van der Waals surface area (Å²) in [4.78, 5) is 14.7. The van der Waals surface area contributed by atoms with Crippen LogP contribution in [0.15, 0.2) is 12.1 Å². The Morgan fingerprint density at radius 2 is 2.26 bits per heavy atom. The van der Waals surface area contributed by atoms with Crippen LogP contribution in [0.5, 0.6) is 0 Å². The lowest BCUT2D eigenvalue weighted by atomic mass is 10.2. The number of aromatic carboxylic acids is 1. The molecule has 0 aliphatic heterocycles. The van der Waals surface area contributed by atoms with Gasteiger partial charge in [0.2, 0.25) is 0 Å². The molecule has 0 atom stereocenters. The van der Waals surface area contributed by atoms with Crippen molar-refractivity contribution in [2.45, 2.75) is 20.3 Å². The number of nitrogens with zero attached hydrogens (tertiary/aromatic N) is 1. The summed E-state index contributed by atoms with van der Waals surface area (Å²) in [5.41, 5.74) is 6.14. The molecular formula is C13H21N3O3. The minimum absolute atomic E-state index is 0.0206. The van der Waals surface area contributed by atoms with Crippen molar-refractivity contribution in [1.29, 1.82) is 0 Å². The van der Waals surface area contributed by atoms with Crippen LogP contribution in [0.4, 0.5) is 11.5 Å². The molecule has 0 amide bonds. The molecule has 0 saturated carbocycles. The van der Waals surface area contributed by atoms with E-state index in [2.05, 4.69) is 24.1 Å². The second kappa shape index (κ2) is 7.58. The average molecular weight is 267 g/mol. The number of hydrogen-bond donors (Lipinski definition) is 3. The summed E-state index contributed by atoms with van der Waals surface area (Å²) < 4.78 is 5.44. The molecule has 6 nitrogen and oxygen atoms in total. The summed E-state index contributed by atoms with van der Waals surface area (Å²) in [6.45, 7) is 6.23. The first kappa shape index (κ1) is 15.2. The summed E-state index contributed by atoms with van der Waals surface area (Å²) in [5, 5.41) is 11.9. The number of anilines is 2. The topological polar surface area (TPSA) is 97.5 Å². The number of rotatable bonds is 8. The van der Waals surface area contributed by atoms with Crippen molar-refractivity contribution < 1.29 is 14.6 Å². The zero-order chi connectivity index (χ0) is 14.3. The second-order valence-electron chi connectivity index (χ2n) is 4.69. The fourth-order valence-electron chi connectivity index (χ4n) is 1.43. The molecule has 0 aliphatic carbocycles. The fourth-order valence-corrected chi connectivity index (χ4v) is 1.43. The Morgan fingerprint density at radius 3 is 2.89 bits per heavy atom. The molecule has 0 spiro atoms. The van der Waals surface area contributed by atoms with E-state index in [9.17, 15) is 4.79 Å². The van der Waals surface area contributed by atoms with Crippen LogP contribution >= 0.6 is 0 Å². The average Bonchev–Trinajstić information content (AvgIpc) is 2.34. The minimum atomic E-state index is -1.07. The third-order valence-corrected chi connectivity index (χ3v) is 2.35. The van der Waals surface area contributed by atoms with E-state index in [-0.39, 0.29) is 5.69 Å². The van der Waals surface area contributed by atoms with E-state index in [0.29, 0.717) is 30.6 Å². The Kier molecular flexibility index (Phi) is 6.08. The van der Waals surface area contributed by atoms with Gasteiger partial charge in [0.1, 0.15) is 5.82 Å². The lowest BCUT2D eigenvalue weighted by Crippen LogP contribution is -2.12. The van der Waals surface area contributed by atoms with Crippen LogP contribution < -0.4 is 11.1 Å². The molecule has 19 heavy (non-hydrogen) atoms. The maximum Gasteiger partial charge on any atom is 0.354 e. The van der Waals surface area contributed by atoms with Crippen molar-refractivity contribution in [1.82, 2.24) is 4.98 Å². The Labute approximate surface area is 113 Å². The van der Waals surface area contributed by atoms with Crippen molar-refractivity contribution in [3.8, 4) is 0 Å². The van der Waals surface area contributed by atoms with Gasteiger partial charge in [0.15, 0.2) is 5.69 Å². The zero-order valence-corrected chi connectivity index (χ0v) is 11.3. The summed E-state index contributed by atoms with van der Waals surface area (Å²) in [6, 6.07) is 2.92. The van der Waals surface area contributed by atoms with Crippen LogP contribution in [0.3, 0.4) is 0 Å². The van der Waals surface area contributed by atoms with Crippen molar-refractivity contribution in [3.63, 3.8) is 0 Å². The van der Waals surface area contributed by atoms with E-state index in [1.165, 1.54) is 12.1 Å². The molecule has 106 valence electrons. The Balaban J connectivity index is 2.36. The Hall–Kier alpha value is -1.82. The first-order valence-electron chi connectivity index (χ1n) is 6.32. The molecule has 4 N–H and O–H groups in total. The van der Waals surface area contributed by atoms with Gasteiger partial charge in [0, 0.05) is 19.8 Å². The third kappa shape index (κ3) is 5.56. The van der Waals surface area contributed by atoms with E-state index in [1.807, 2.05) is 0 Å². The van der Waals surface area contributed by atoms with E-state index < -0.39 is 5.97 Å². The SMILES string of the molecule is CC(C)COCCCNc1nc(C(=O)O)ccc1N. The lowest BCUT2D eigenvalue weighted by molar-refractivity contribution is 0.0690. The molecule has 0 saturated heterocycles. The van der Waals surface area contributed by atoms with Crippen molar-refractivity contribution in [2.24, 2.45) is 5.92 Å². The summed E-state index contributed by atoms with van der Waals surface area (Å²) in [5.74, 6) is -0.135. The molecule has 0 bridgehead atoms. The number of nitrogens with two attached hydrogens (primary N) is 1. The smallest absolute Gasteiger partial charge is 0.354 e. The first-order valence-corrected chi connectivity index (χ1v) is 6.32. The predicted octanol–water partition coefficient (Wildman–Crippen LogP) is 1.84. The van der Waals surface area contributed by atoms with E-state index in [1.54, 1.807) is 0 Å². The van der Waals surface area contributed by atoms with Gasteiger partial charge in [-0.2, -0.15) is 0 Å². The van der Waals surface area contributed by atoms with Gasteiger partial charge in [0.25, 0.3) is 0 Å². The molecule has 6 heteroatoms. The summed E-state index contributed by atoms with van der Waals surface area (Å²) in [7, 11) is 0. The molecule has 0 aromatic carbocycles. The van der Waals surface area contributed by atoms with Gasteiger partial charge in [-0.1, -0.05) is 13.8 Å². The molecule has 1 heterocycles. The van der Waals surface area contributed by atoms with Gasteiger partial charge in [-0.25, -0.2) is 9.78 Å². The number of carbonyl (C=O) groups is 1. The number of nitrogens with one attached hydrogen (secondary N) is 1. The number of carboxylic acid groups (broad SMARTS) is 1. The van der Waals surface area contributed by atoms with Crippen molar-refractivity contribution >= 4 is 17.5 Å². The highest BCUT2D eigenvalue weighted by atomic mass is 16.5. The molecular weight excluding hydrogens is 246 g/mol. The number of ether oxygens (including phenoxy) is 1. The minimum Gasteiger partial charge on any atom is -0.477 e. The van der Waals surface area contributed by atoms with Gasteiger partial charge < -0.3 is 20.9 Å². The normalized spacial score (nSPS) is 10.7. The van der Waals surface area contributed by atoms with Crippen LogP contribution in [0.25, 0.3) is 0 Å². The highest BCUT2D eigenvalue weighted by Gasteiger charge is 2.07. The number of hydrogen-bond acceptors (Lipinski definition) is 5. The highest BCUT2D eigenvalue weighted by molar-refractivity contribution is 5.86. The van der Waals surface area contributed by atoms with E-state index >= 15 is 0 Å². The monoisotopic (exact) mass is 267 g/mol. The maximum atomic E-state index is 10.8. The fraction of sp³-hybridized carbons (Fsp3) is 0.538. The molecule has 0 aliphatic rings. The quantitative estimate of drug-likeness (QED) is 0.622. The van der Waals surface area contributed by atoms with E-state index in [0.717, 1.165) is 13.0 Å². The van der Waals surface area contributed by atoms with Gasteiger partial charge in [-0.15, -0.1) is 0 Å². The maximum absolute atomic E-state index is 10.8. The summed E-state index contributed by atoms with van der Waals surface area (Å²) >= 11 is 0. The molecule has 1 aromatic heterocycles. The molecule has 1 aromatic rings. The third-order valence-electron chi connectivity index (χ3n) is 2.35. The van der Waals surface area contributed by atoms with Crippen LogP contribution in [-0.4, -0.2) is 35.8 Å². The predicted molar refractivity (Wildman–Crippen MR) is 74.4 cm³/mol. The molecule has 1 rings (SSSR count). The van der Waals surface area contributed by atoms with Crippen LogP contribution in [0.1, 0.15) is 30.8 Å². The van der Waals surface area contributed by atoms with Crippen LogP contribution in [0.2, 0.25) is 0 Å². The number of aromatic nitrogens is 1. The Morgan fingerprint density at radius 1 is 1.53 bits per heavy atom. The second-order valence-corrected chi connectivity index (χ2v) is 4.69. The largest absolute Gasteiger partial charge is 0.477 e. The van der Waals surface area contributed by atoms with Gasteiger partial charge in [-0.3, -0.25) is 0 Å². The number of pyridine rings is 1. The van der Waals surface area contributed by atoms with Gasteiger partial charge in [0.05, 0.1) is 5.69 Å². The van der Waals surface area contributed by atoms with Crippen LogP contribution in [0, 0.1) is 5.92 Å². The zero-order valence-electron chi connectivity index (χ0n) is 11.3. The lowest BCUT2D eigenvalue weighted by Gasteiger charge is -2.10. The molecule has 0 fully saturated rings. The Bertz CT molecular complexity index is 422. The number of carboxylic acids is 1. The number of nitrogen functional groups attached to an aromatic ring is 1. The standard InChI is InChI=1S/C13H21N3O3/c1-9(2)8-19-7-3-6-15-12-10(14)4-5-11(16-12)13(17)18/h4-5,9H,3,6-8,14H2,1-2H3,(H,15,16)(H,17,18). The molecule has 0 radical (unpaired) electrons. The van der Waals surface area contributed by atoms with Crippen molar-refractivity contribution in [2.75, 3.05) is 30.8 Å². The first-order chi connectivity index (χ1) is 9.00. The van der Waals surface area contributed by atoms with Gasteiger partial charge in [-0.05, 0) is 24.5 Å². The van der Waals surface area contributed by atoms with Gasteiger partial charge >= 0.3 is 5.97 Å². The van der Waals surface area contributed by atoms with Crippen LogP contribution in [-0.2, 0) is 4.74 Å². The van der Waals surface area contributed by atoms with Crippen molar-refractivity contribution in [3.05, 3.63) is 17.8 Å². The van der Waals surface area contributed by atoms with E-state index in [4.69, 9.17) is 15.6 Å². The summed E-state index contributed by atoms with van der Waals surface area (Å²) in [6.07, 6.45) is 0.811. The molecule has 0 unspecified atom stereocenters. The highest BCUT2D eigenvalue weighted by Crippen LogP contribution is 2.15.